The van der Waals surface area contributed by atoms with Crippen molar-refractivity contribution in [3.05, 3.63) is 65.0 Å². The molecule has 2 unspecified atom stereocenters. The van der Waals surface area contributed by atoms with Crippen LogP contribution in [0.1, 0.15) is 17.5 Å². The van der Waals surface area contributed by atoms with E-state index in [9.17, 15) is 22.8 Å². The van der Waals surface area contributed by atoms with E-state index in [1.54, 1.807) is 4.90 Å². The number of halogens is 3. The smallest absolute Gasteiger partial charge is 0.228 e. The lowest BCUT2D eigenvalue weighted by atomic mass is 9.99. The minimum absolute atomic E-state index is 0.101. The van der Waals surface area contributed by atoms with E-state index >= 15 is 0 Å². The number of nitrogens with zero attached hydrogens (tertiary/aromatic N) is 1. The molecule has 0 radical (unpaired) electrons. The third-order valence-corrected chi connectivity index (χ3v) is 5.18. The van der Waals surface area contributed by atoms with Gasteiger partial charge in [0.05, 0.1) is 17.5 Å². The number of rotatable bonds is 3. The first-order chi connectivity index (χ1) is 13.0. The molecule has 1 aliphatic heterocycles. The van der Waals surface area contributed by atoms with Crippen LogP contribution in [0.3, 0.4) is 0 Å². The molecular formula is C20H17F3N2O2. The van der Waals surface area contributed by atoms with Crippen LogP contribution in [0.25, 0.3) is 0 Å². The fourth-order valence-corrected chi connectivity index (χ4v) is 3.52. The molecule has 4 nitrogen and oxygen atoms in total. The number of fused-ring (bicyclic) bond motifs is 1. The van der Waals surface area contributed by atoms with Gasteiger partial charge in [0, 0.05) is 13.1 Å². The molecule has 2 aliphatic rings. The summed E-state index contributed by atoms with van der Waals surface area (Å²) in [5.74, 6) is -6.10. The highest BCUT2D eigenvalue weighted by atomic mass is 19.2. The van der Waals surface area contributed by atoms with Crippen molar-refractivity contribution >= 4 is 17.5 Å². The Labute approximate surface area is 154 Å². The van der Waals surface area contributed by atoms with Gasteiger partial charge in [-0.2, -0.15) is 0 Å². The quantitative estimate of drug-likeness (QED) is 0.839. The van der Waals surface area contributed by atoms with Crippen LogP contribution in [0, 0.1) is 29.3 Å². The second-order valence-corrected chi connectivity index (χ2v) is 6.94. The van der Waals surface area contributed by atoms with Crippen LogP contribution in [0.5, 0.6) is 0 Å². The Balaban J connectivity index is 1.39. The van der Waals surface area contributed by atoms with Gasteiger partial charge in [-0.25, -0.2) is 13.2 Å². The van der Waals surface area contributed by atoms with E-state index in [0.717, 1.165) is 24.1 Å². The van der Waals surface area contributed by atoms with Gasteiger partial charge in [-0.05, 0) is 36.1 Å². The molecule has 0 bridgehead atoms. The third kappa shape index (κ3) is 3.29. The molecule has 2 amide bonds. The van der Waals surface area contributed by atoms with E-state index in [-0.39, 0.29) is 5.91 Å². The number of carbonyl (C=O) groups excluding carboxylic acids is 2. The maximum absolute atomic E-state index is 13.7. The number of benzene rings is 2. The summed E-state index contributed by atoms with van der Waals surface area (Å²) in [6.45, 7) is 1.11. The molecule has 7 heteroatoms. The largest absolute Gasteiger partial charge is 0.338 e. The Morgan fingerprint density at radius 1 is 0.963 bits per heavy atom. The molecule has 140 valence electrons. The topological polar surface area (TPSA) is 49.4 Å². The highest BCUT2D eigenvalue weighted by Gasteiger charge is 2.49. The van der Waals surface area contributed by atoms with Crippen LogP contribution in [-0.4, -0.2) is 23.3 Å². The summed E-state index contributed by atoms with van der Waals surface area (Å²) in [4.78, 5) is 26.7. The van der Waals surface area contributed by atoms with Gasteiger partial charge < -0.3 is 10.2 Å². The second kappa shape index (κ2) is 6.72. The Morgan fingerprint density at radius 3 is 2.48 bits per heavy atom. The lowest BCUT2D eigenvalue weighted by Crippen LogP contribution is -2.37. The number of hydrogen-bond donors (Lipinski definition) is 1. The molecule has 1 N–H and O–H groups in total. The van der Waals surface area contributed by atoms with Crippen LogP contribution in [0.2, 0.25) is 0 Å². The number of nitrogens with one attached hydrogen (secondary N) is 1. The van der Waals surface area contributed by atoms with Gasteiger partial charge in [-0.3, -0.25) is 9.59 Å². The van der Waals surface area contributed by atoms with Gasteiger partial charge >= 0.3 is 0 Å². The van der Waals surface area contributed by atoms with Crippen molar-refractivity contribution in [2.75, 3.05) is 11.9 Å². The summed E-state index contributed by atoms with van der Waals surface area (Å²) < 4.78 is 39.9. The molecule has 2 aromatic rings. The summed E-state index contributed by atoms with van der Waals surface area (Å²) in [5, 5.41) is 2.25. The minimum Gasteiger partial charge on any atom is -0.338 e. The highest BCUT2D eigenvalue weighted by Crippen LogP contribution is 2.41. The lowest BCUT2D eigenvalue weighted by Gasteiger charge is -2.29. The number of anilines is 1. The van der Waals surface area contributed by atoms with Crippen molar-refractivity contribution in [3.8, 4) is 0 Å². The zero-order valence-electron chi connectivity index (χ0n) is 14.3. The zero-order chi connectivity index (χ0) is 19.1. The summed E-state index contributed by atoms with van der Waals surface area (Å²) in [6, 6.07) is 9.63. The summed E-state index contributed by atoms with van der Waals surface area (Å²) in [7, 11) is 0. The van der Waals surface area contributed by atoms with E-state index in [1.807, 2.05) is 24.3 Å². The van der Waals surface area contributed by atoms with Crippen LogP contribution in [-0.2, 0) is 22.6 Å². The van der Waals surface area contributed by atoms with Crippen molar-refractivity contribution in [2.24, 2.45) is 11.8 Å². The summed E-state index contributed by atoms with van der Waals surface area (Å²) in [5.41, 5.74) is 1.90. The molecule has 27 heavy (non-hydrogen) atoms. The first kappa shape index (κ1) is 17.6. The van der Waals surface area contributed by atoms with Crippen LogP contribution in [0.15, 0.2) is 36.4 Å². The monoisotopic (exact) mass is 374 g/mol. The van der Waals surface area contributed by atoms with E-state index in [4.69, 9.17) is 0 Å². The molecule has 4 rings (SSSR count). The van der Waals surface area contributed by atoms with Gasteiger partial charge in [-0.1, -0.05) is 24.3 Å². The van der Waals surface area contributed by atoms with Crippen molar-refractivity contribution in [1.82, 2.24) is 4.90 Å². The first-order valence-corrected chi connectivity index (χ1v) is 8.75. The van der Waals surface area contributed by atoms with Gasteiger partial charge in [0.2, 0.25) is 11.8 Å². The van der Waals surface area contributed by atoms with Crippen LogP contribution >= 0.6 is 0 Å². The molecule has 1 aliphatic carbocycles. The van der Waals surface area contributed by atoms with Crippen LogP contribution in [0.4, 0.5) is 18.9 Å². The molecule has 1 heterocycles. The first-order valence-electron chi connectivity index (χ1n) is 8.75. The molecule has 1 fully saturated rings. The fourth-order valence-electron chi connectivity index (χ4n) is 3.52. The highest BCUT2D eigenvalue weighted by molar-refractivity contribution is 5.99. The average molecular weight is 374 g/mol. The van der Waals surface area contributed by atoms with Crippen molar-refractivity contribution in [1.29, 1.82) is 0 Å². The van der Waals surface area contributed by atoms with E-state index in [0.29, 0.717) is 19.5 Å². The number of hydrogen-bond acceptors (Lipinski definition) is 2. The SMILES string of the molecule is O=C(Nc1ccc(F)c(F)c1F)C1CC1C(=O)N1CCc2ccccc2C1. The Bertz CT molecular complexity index is 931. The summed E-state index contributed by atoms with van der Waals surface area (Å²) in [6.07, 6.45) is 1.14. The van der Waals surface area contributed by atoms with Gasteiger partial charge in [0.15, 0.2) is 17.5 Å². The number of carbonyl (C=O) groups is 2. The number of amides is 2. The molecule has 0 saturated heterocycles. The maximum Gasteiger partial charge on any atom is 0.228 e. The van der Waals surface area contributed by atoms with E-state index in [1.165, 1.54) is 5.56 Å². The van der Waals surface area contributed by atoms with E-state index in [2.05, 4.69) is 5.32 Å². The normalized spacial score (nSPS) is 20.8. The standard InChI is InChI=1S/C20H17F3N2O2/c21-15-5-6-16(18(23)17(15)22)24-19(26)13-9-14(13)20(27)25-8-7-11-3-1-2-4-12(11)10-25/h1-6,13-14H,7-10H2,(H,24,26). The van der Waals surface area contributed by atoms with E-state index < -0.39 is 40.9 Å². The predicted molar refractivity (Wildman–Crippen MR) is 92.1 cm³/mol. The van der Waals surface area contributed by atoms with Crippen molar-refractivity contribution < 1.29 is 22.8 Å². The molecule has 0 spiro atoms. The summed E-state index contributed by atoms with van der Waals surface area (Å²) >= 11 is 0. The predicted octanol–water partition coefficient (Wildman–Crippen LogP) is 3.26. The Morgan fingerprint density at radius 2 is 1.70 bits per heavy atom. The zero-order valence-corrected chi connectivity index (χ0v) is 14.3. The molecular weight excluding hydrogens is 357 g/mol. The minimum atomic E-state index is -1.64. The van der Waals surface area contributed by atoms with Gasteiger partial charge in [0.1, 0.15) is 0 Å². The Kier molecular flexibility index (Phi) is 4.37. The van der Waals surface area contributed by atoms with Crippen LogP contribution < -0.4 is 5.32 Å². The average Bonchev–Trinajstić information content (AvgIpc) is 3.48. The third-order valence-electron chi connectivity index (χ3n) is 5.18. The van der Waals surface area contributed by atoms with Crippen molar-refractivity contribution in [2.45, 2.75) is 19.4 Å². The molecule has 2 atom stereocenters. The lowest BCUT2D eigenvalue weighted by molar-refractivity contribution is -0.135. The molecule has 1 saturated carbocycles. The fraction of sp³-hybridized carbons (Fsp3) is 0.300. The molecule has 0 aromatic heterocycles. The second-order valence-electron chi connectivity index (χ2n) is 6.94. The van der Waals surface area contributed by atoms with Gasteiger partial charge in [-0.15, -0.1) is 0 Å². The Hall–Kier alpha value is -2.83. The van der Waals surface area contributed by atoms with Crippen molar-refractivity contribution in [3.63, 3.8) is 0 Å². The maximum atomic E-state index is 13.7. The molecule has 2 aromatic carbocycles. The van der Waals surface area contributed by atoms with Gasteiger partial charge in [0.25, 0.3) is 0 Å².